The van der Waals surface area contributed by atoms with Crippen LogP contribution in [0.3, 0.4) is 0 Å². The van der Waals surface area contributed by atoms with Gasteiger partial charge in [0.05, 0.1) is 22.4 Å². The van der Waals surface area contributed by atoms with Crippen LogP contribution in [0.4, 0.5) is 22.7 Å². The topological polar surface area (TPSA) is 37.2 Å². The molecule has 0 radical (unpaired) electrons. The van der Waals surface area contributed by atoms with Gasteiger partial charge in [-0.3, -0.25) is 0 Å². The molecule has 0 amide bonds. The lowest BCUT2D eigenvalue weighted by atomic mass is 10.0. The van der Waals surface area contributed by atoms with Crippen molar-refractivity contribution in [1.29, 1.82) is 0 Å². The Morgan fingerprint density at radius 3 is 1.85 bits per heavy atom. The van der Waals surface area contributed by atoms with Crippen LogP contribution in [-0.2, 0) is 0 Å². The first-order chi connectivity index (χ1) is 32.0. The molecule has 0 saturated heterocycles. The second kappa shape index (κ2) is 17.7. The van der Waals surface area contributed by atoms with Crippen LogP contribution in [0.15, 0.2) is 226 Å². The van der Waals surface area contributed by atoms with Gasteiger partial charge in [-0.15, -0.1) is 6.58 Å². The predicted molar refractivity (Wildman–Crippen MR) is 276 cm³/mol. The lowest BCUT2D eigenvalue weighted by Gasteiger charge is -2.26. The van der Waals surface area contributed by atoms with Gasteiger partial charge >= 0.3 is 0 Å². The zero-order valence-electron chi connectivity index (χ0n) is 36.3. The third-order valence-corrected chi connectivity index (χ3v) is 12.1. The molecule has 0 aliphatic carbocycles. The minimum atomic E-state index is 0.617. The molecule has 0 aliphatic rings. The highest BCUT2D eigenvalue weighted by atomic mass is 15.1. The van der Waals surface area contributed by atoms with E-state index in [1.165, 1.54) is 16.3 Å². The first-order valence-corrected chi connectivity index (χ1v) is 21.9. The molecule has 312 valence electrons. The Bertz CT molecular complexity index is 3400. The van der Waals surface area contributed by atoms with Crippen LogP contribution in [0.1, 0.15) is 11.1 Å². The van der Waals surface area contributed by atoms with Gasteiger partial charge in [-0.1, -0.05) is 165 Å². The van der Waals surface area contributed by atoms with Crippen molar-refractivity contribution < 1.29 is 0 Å². The van der Waals surface area contributed by atoms with Crippen LogP contribution < -0.4 is 9.80 Å². The van der Waals surface area contributed by atoms with Crippen molar-refractivity contribution in [1.82, 2.24) is 14.5 Å². The van der Waals surface area contributed by atoms with Gasteiger partial charge in [-0.2, -0.15) is 0 Å². The molecule has 0 bridgehead atoms. The molecule has 65 heavy (non-hydrogen) atoms. The van der Waals surface area contributed by atoms with Crippen LogP contribution >= 0.6 is 0 Å². The molecule has 10 rings (SSSR count). The summed E-state index contributed by atoms with van der Waals surface area (Å²) in [5.74, 6) is 0.630. The van der Waals surface area contributed by atoms with Gasteiger partial charge in [0.25, 0.3) is 0 Å². The zero-order valence-corrected chi connectivity index (χ0v) is 36.3. The summed E-state index contributed by atoms with van der Waals surface area (Å²) in [6.45, 7) is 13.0. The minimum Gasteiger partial charge on any atom is -0.344 e. The summed E-state index contributed by atoms with van der Waals surface area (Å²) in [6, 6.07) is 70.2. The maximum atomic E-state index is 5.38. The smallest absolute Gasteiger partial charge is 0.160 e. The predicted octanol–water partition coefficient (Wildman–Crippen LogP) is 15.6. The number of hydrogen-bond donors (Lipinski definition) is 0. The van der Waals surface area contributed by atoms with Gasteiger partial charge in [-0.25, -0.2) is 9.97 Å². The Labute approximate surface area is 380 Å². The maximum Gasteiger partial charge on any atom is 0.160 e. The summed E-state index contributed by atoms with van der Waals surface area (Å²) < 4.78 is 2.33. The molecule has 0 unspecified atom stereocenters. The van der Waals surface area contributed by atoms with Gasteiger partial charge in [0.1, 0.15) is 0 Å². The lowest BCUT2D eigenvalue weighted by Crippen LogP contribution is -2.17. The molecule has 0 saturated carbocycles. The molecule has 2 aromatic heterocycles. The van der Waals surface area contributed by atoms with E-state index in [1.807, 2.05) is 24.3 Å². The number of aromatic nitrogens is 3. The second-order valence-electron chi connectivity index (χ2n) is 16.0. The standard InChI is InChI=1S/C60H47N5/c1-5-37-64(55-33-14-11-21-42(55)6-2)49-29-18-26-46(39-49)54-41-53(45-25-17-28-48(38-45)63(4)56-34-15-12-31-51(56)44-22-9-8-10-23-44)61-60(62-54)47-27-19-30-50(40-47)65-57-35-16-13-32-52(57)59-43(7-3)24-20-36-58(59)65/h5-36,38-41H,1-3,37H2,4H3. The number of rotatable bonds is 13. The minimum absolute atomic E-state index is 0.617. The average Bonchev–Trinajstić information content (AvgIpc) is 3.73. The van der Waals surface area contributed by atoms with E-state index in [-0.39, 0.29) is 0 Å². The molecule has 0 N–H and O–H groups in total. The fraction of sp³-hybridized carbons (Fsp3) is 0.0333. The number of benzene rings is 8. The van der Waals surface area contributed by atoms with E-state index in [0.717, 1.165) is 84.2 Å². The SMILES string of the molecule is C=CCN(c1cccc(-c2cc(-c3cccc(N(C)c4ccccc4-c4ccccc4)c3)nc(-c3cccc(-n4c5ccccc5c5c(C=C)cccc54)c3)n2)c1)c1ccccc1C=C. The highest BCUT2D eigenvalue weighted by molar-refractivity contribution is 6.12. The highest BCUT2D eigenvalue weighted by Crippen LogP contribution is 2.39. The van der Waals surface area contributed by atoms with Crippen LogP contribution in [-0.4, -0.2) is 28.1 Å². The number of anilines is 4. The van der Waals surface area contributed by atoms with Crippen molar-refractivity contribution in [2.24, 2.45) is 0 Å². The van der Waals surface area contributed by atoms with Crippen LogP contribution in [0.25, 0.3) is 84.7 Å². The van der Waals surface area contributed by atoms with E-state index in [1.54, 1.807) is 0 Å². The largest absolute Gasteiger partial charge is 0.344 e. The monoisotopic (exact) mass is 837 g/mol. The van der Waals surface area contributed by atoms with E-state index in [9.17, 15) is 0 Å². The number of nitrogens with zero attached hydrogens (tertiary/aromatic N) is 5. The summed E-state index contributed by atoms with van der Waals surface area (Å²) >= 11 is 0. The Kier molecular flexibility index (Phi) is 11.0. The third kappa shape index (κ3) is 7.70. The van der Waals surface area contributed by atoms with Crippen LogP contribution in [0.5, 0.6) is 0 Å². The molecule has 5 nitrogen and oxygen atoms in total. The molecule has 0 spiro atoms. The Balaban J connectivity index is 1.13. The molecule has 0 atom stereocenters. The van der Waals surface area contributed by atoms with Crippen LogP contribution in [0.2, 0.25) is 0 Å². The van der Waals surface area contributed by atoms with Gasteiger partial charge in [0, 0.05) is 75.1 Å². The van der Waals surface area contributed by atoms with Crippen LogP contribution in [0, 0.1) is 0 Å². The molecule has 0 aliphatic heterocycles. The van der Waals surface area contributed by atoms with Gasteiger partial charge < -0.3 is 14.4 Å². The van der Waals surface area contributed by atoms with E-state index in [4.69, 9.17) is 9.97 Å². The van der Waals surface area contributed by atoms with Crippen molar-refractivity contribution in [3.8, 4) is 50.7 Å². The lowest BCUT2D eigenvalue weighted by molar-refractivity contribution is 1.09. The summed E-state index contributed by atoms with van der Waals surface area (Å²) in [6.07, 6.45) is 5.77. The number of para-hydroxylation sites is 3. The van der Waals surface area contributed by atoms with E-state index < -0.39 is 0 Å². The van der Waals surface area contributed by atoms with Gasteiger partial charge in [0.2, 0.25) is 0 Å². The van der Waals surface area contributed by atoms with Crippen molar-refractivity contribution in [3.63, 3.8) is 0 Å². The molecular weight excluding hydrogens is 791 g/mol. The number of fused-ring (bicyclic) bond motifs is 3. The normalized spacial score (nSPS) is 11.1. The average molecular weight is 838 g/mol. The fourth-order valence-electron chi connectivity index (χ4n) is 9.00. The van der Waals surface area contributed by atoms with Gasteiger partial charge in [0.15, 0.2) is 5.82 Å². The Morgan fingerprint density at radius 2 is 1.08 bits per heavy atom. The first kappa shape index (κ1) is 40.5. The molecule has 5 heteroatoms. The van der Waals surface area contributed by atoms with Crippen molar-refractivity contribution in [2.75, 3.05) is 23.4 Å². The van der Waals surface area contributed by atoms with Crippen molar-refractivity contribution in [2.45, 2.75) is 0 Å². The quantitative estimate of drug-likeness (QED) is 0.108. The summed E-state index contributed by atoms with van der Waals surface area (Å²) in [4.78, 5) is 15.3. The van der Waals surface area contributed by atoms with E-state index in [2.05, 4.69) is 235 Å². The zero-order chi connectivity index (χ0) is 44.3. The fourth-order valence-corrected chi connectivity index (χ4v) is 9.00. The summed E-state index contributed by atoms with van der Waals surface area (Å²) in [7, 11) is 2.13. The maximum absolute atomic E-state index is 5.38. The van der Waals surface area contributed by atoms with Crippen molar-refractivity contribution in [3.05, 3.63) is 237 Å². The summed E-state index contributed by atoms with van der Waals surface area (Å²) in [5.41, 5.74) is 16.5. The molecule has 10 aromatic rings. The molecule has 8 aromatic carbocycles. The number of hydrogen-bond acceptors (Lipinski definition) is 4. The first-order valence-electron chi connectivity index (χ1n) is 21.9. The van der Waals surface area contributed by atoms with E-state index >= 15 is 0 Å². The van der Waals surface area contributed by atoms with Crippen molar-refractivity contribution >= 4 is 56.7 Å². The molecule has 2 heterocycles. The third-order valence-electron chi connectivity index (χ3n) is 12.1. The Hall–Kier alpha value is -8.54. The molecule has 0 fully saturated rings. The van der Waals surface area contributed by atoms with E-state index in [0.29, 0.717) is 12.4 Å². The summed E-state index contributed by atoms with van der Waals surface area (Å²) in [5, 5.41) is 2.36. The highest BCUT2D eigenvalue weighted by Gasteiger charge is 2.19. The second-order valence-corrected chi connectivity index (χ2v) is 16.0. The van der Waals surface area contributed by atoms with Gasteiger partial charge in [-0.05, 0) is 83.4 Å². The Morgan fingerprint density at radius 1 is 0.492 bits per heavy atom. The molecular formula is C60H47N5.